The average molecular weight is 247 g/mol. The van der Waals surface area contributed by atoms with E-state index in [1.807, 2.05) is 6.20 Å². The lowest BCUT2D eigenvalue weighted by Crippen LogP contribution is -2.21. The molecule has 100 valence electrons. The number of hydrogen-bond acceptors (Lipinski definition) is 3. The van der Waals surface area contributed by atoms with Gasteiger partial charge in [-0.15, -0.1) is 0 Å². The first kappa shape index (κ1) is 13.3. The molecule has 2 atom stereocenters. The Bertz CT molecular complexity index is 361. The van der Waals surface area contributed by atoms with Crippen LogP contribution in [0.4, 0.5) is 5.69 Å². The van der Waals surface area contributed by atoms with E-state index in [-0.39, 0.29) is 0 Å². The molecule has 18 heavy (non-hydrogen) atoms. The van der Waals surface area contributed by atoms with Gasteiger partial charge in [0.1, 0.15) is 0 Å². The minimum atomic E-state index is 0.339. The molecule has 1 aliphatic rings. The monoisotopic (exact) mass is 247 g/mol. The topological polar surface area (TPSA) is 28.2 Å². The van der Waals surface area contributed by atoms with Gasteiger partial charge in [0.05, 0.1) is 17.6 Å². The predicted molar refractivity (Wildman–Crippen MR) is 76.9 cm³/mol. The van der Waals surface area contributed by atoms with Crippen molar-refractivity contribution in [2.75, 3.05) is 24.5 Å². The molecule has 1 fully saturated rings. The summed E-state index contributed by atoms with van der Waals surface area (Å²) in [5, 5.41) is 3.39. The third-order valence-corrected chi connectivity index (χ3v) is 3.95. The number of aromatic nitrogens is 1. The van der Waals surface area contributed by atoms with E-state index >= 15 is 0 Å². The minimum absolute atomic E-state index is 0.339. The molecule has 0 amide bonds. The van der Waals surface area contributed by atoms with Crippen molar-refractivity contribution < 1.29 is 0 Å². The van der Waals surface area contributed by atoms with E-state index in [0.29, 0.717) is 6.04 Å². The molecule has 1 N–H and O–H groups in total. The molecule has 3 nitrogen and oxygen atoms in total. The maximum atomic E-state index is 4.59. The molecule has 1 saturated heterocycles. The van der Waals surface area contributed by atoms with Crippen molar-refractivity contribution in [1.82, 2.24) is 10.3 Å². The molecule has 0 aliphatic carbocycles. The smallest absolute Gasteiger partial charge is 0.0572 e. The summed E-state index contributed by atoms with van der Waals surface area (Å²) in [6, 6.07) is 4.71. The fourth-order valence-electron chi connectivity index (χ4n) is 2.65. The third-order valence-electron chi connectivity index (χ3n) is 3.95. The van der Waals surface area contributed by atoms with E-state index in [1.54, 1.807) is 0 Å². The van der Waals surface area contributed by atoms with E-state index in [4.69, 9.17) is 0 Å². The summed E-state index contributed by atoms with van der Waals surface area (Å²) in [5.74, 6) is 0.866. The predicted octanol–water partition coefficient (Wildman–Crippen LogP) is 2.99. The Morgan fingerprint density at radius 1 is 1.44 bits per heavy atom. The van der Waals surface area contributed by atoms with Crippen LogP contribution in [0.15, 0.2) is 18.3 Å². The van der Waals surface area contributed by atoms with Crippen molar-refractivity contribution in [3.63, 3.8) is 0 Å². The number of hydrogen-bond donors (Lipinski definition) is 1. The third kappa shape index (κ3) is 3.02. The number of rotatable bonds is 5. The molecule has 0 bridgehead atoms. The second-order valence-corrected chi connectivity index (χ2v) is 5.23. The van der Waals surface area contributed by atoms with E-state index in [9.17, 15) is 0 Å². The fourth-order valence-corrected chi connectivity index (χ4v) is 2.65. The molecule has 1 aliphatic heterocycles. The Labute approximate surface area is 111 Å². The minimum Gasteiger partial charge on any atom is -0.370 e. The summed E-state index contributed by atoms with van der Waals surface area (Å²) in [4.78, 5) is 7.05. The SMILES string of the molecule is CCNC(C)c1ccc(N2CCC(CC)C2)cn1. The van der Waals surface area contributed by atoms with Gasteiger partial charge in [-0.25, -0.2) is 0 Å². The Balaban J connectivity index is 1.99. The molecule has 2 unspecified atom stereocenters. The first-order chi connectivity index (χ1) is 8.74. The van der Waals surface area contributed by atoms with Gasteiger partial charge in [-0.3, -0.25) is 4.98 Å². The van der Waals surface area contributed by atoms with Crippen LogP contribution in [-0.4, -0.2) is 24.6 Å². The molecule has 1 aromatic heterocycles. The van der Waals surface area contributed by atoms with Gasteiger partial charge in [-0.05, 0) is 37.9 Å². The highest BCUT2D eigenvalue weighted by Crippen LogP contribution is 2.25. The summed E-state index contributed by atoms with van der Waals surface area (Å²) >= 11 is 0. The van der Waals surface area contributed by atoms with Gasteiger partial charge in [-0.2, -0.15) is 0 Å². The lowest BCUT2D eigenvalue weighted by atomic mass is 10.1. The molecule has 0 radical (unpaired) electrons. The van der Waals surface area contributed by atoms with Crippen LogP contribution in [0.2, 0.25) is 0 Å². The largest absolute Gasteiger partial charge is 0.370 e. The Hall–Kier alpha value is -1.09. The second kappa shape index (κ2) is 6.19. The lowest BCUT2D eigenvalue weighted by molar-refractivity contribution is 0.569. The summed E-state index contributed by atoms with van der Waals surface area (Å²) in [6.45, 7) is 9.93. The van der Waals surface area contributed by atoms with Crippen molar-refractivity contribution in [2.45, 2.75) is 39.7 Å². The van der Waals surface area contributed by atoms with Gasteiger partial charge in [0, 0.05) is 19.1 Å². The van der Waals surface area contributed by atoms with Gasteiger partial charge in [-0.1, -0.05) is 20.3 Å². The molecule has 2 rings (SSSR count). The van der Waals surface area contributed by atoms with Crippen molar-refractivity contribution >= 4 is 5.69 Å². The van der Waals surface area contributed by atoms with Crippen LogP contribution < -0.4 is 10.2 Å². The van der Waals surface area contributed by atoms with Crippen LogP contribution >= 0.6 is 0 Å². The van der Waals surface area contributed by atoms with E-state index in [2.05, 4.69) is 48.1 Å². The molecule has 0 spiro atoms. The van der Waals surface area contributed by atoms with Crippen LogP contribution in [0.1, 0.15) is 45.3 Å². The van der Waals surface area contributed by atoms with Gasteiger partial charge >= 0.3 is 0 Å². The van der Waals surface area contributed by atoms with Crippen LogP contribution in [0.3, 0.4) is 0 Å². The summed E-state index contributed by atoms with van der Waals surface area (Å²) < 4.78 is 0. The van der Waals surface area contributed by atoms with Crippen molar-refractivity contribution in [2.24, 2.45) is 5.92 Å². The second-order valence-electron chi connectivity index (χ2n) is 5.23. The van der Waals surface area contributed by atoms with Crippen LogP contribution in [0.5, 0.6) is 0 Å². The lowest BCUT2D eigenvalue weighted by Gasteiger charge is -2.19. The normalized spacial score (nSPS) is 21.3. The zero-order chi connectivity index (χ0) is 13.0. The standard InChI is InChI=1S/C15H25N3/c1-4-13-8-9-18(11-13)14-6-7-15(17-10-14)12(3)16-5-2/h6-7,10,12-13,16H,4-5,8-9,11H2,1-3H3. The summed E-state index contributed by atoms with van der Waals surface area (Å²) in [7, 11) is 0. The van der Waals surface area contributed by atoms with E-state index in [0.717, 1.165) is 18.2 Å². The molecule has 2 heterocycles. The number of nitrogens with one attached hydrogen (secondary N) is 1. The summed E-state index contributed by atoms with van der Waals surface area (Å²) in [5.41, 5.74) is 2.41. The first-order valence-electron chi connectivity index (χ1n) is 7.18. The van der Waals surface area contributed by atoms with Crippen molar-refractivity contribution in [1.29, 1.82) is 0 Å². The zero-order valence-electron chi connectivity index (χ0n) is 11.8. The molecule has 0 saturated carbocycles. The van der Waals surface area contributed by atoms with E-state index < -0.39 is 0 Å². The molecule has 3 heteroatoms. The van der Waals surface area contributed by atoms with Crippen molar-refractivity contribution in [3.05, 3.63) is 24.0 Å². The van der Waals surface area contributed by atoms with Gasteiger partial charge in [0.15, 0.2) is 0 Å². The molecular formula is C15H25N3. The average Bonchev–Trinajstić information content (AvgIpc) is 2.88. The Kier molecular flexibility index (Phi) is 4.59. The highest BCUT2D eigenvalue weighted by Gasteiger charge is 2.21. The fraction of sp³-hybridized carbons (Fsp3) is 0.667. The maximum absolute atomic E-state index is 4.59. The molecule has 0 aromatic carbocycles. The highest BCUT2D eigenvalue weighted by molar-refractivity contribution is 5.45. The number of anilines is 1. The van der Waals surface area contributed by atoms with Gasteiger partial charge in [0.25, 0.3) is 0 Å². The van der Waals surface area contributed by atoms with Crippen molar-refractivity contribution in [3.8, 4) is 0 Å². The Morgan fingerprint density at radius 2 is 2.28 bits per heavy atom. The molecule has 1 aromatic rings. The summed E-state index contributed by atoms with van der Waals surface area (Å²) in [6.07, 6.45) is 4.65. The van der Waals surface area contributed by atoms with Crippen LogP contribution in [-0.2, 0) is 0 Å². The number of pyridine rings is 1. The Morgan fingerprint density at radius 3 is 2.83 bits per heavy atom. The molecular weight excluding hydrogens is 222 g/mol. The quantitative estimate of drug-likeness (QED) is 0.867. The van der Waals surface area contributed by atoms with Crippen LogP contribution in [0, 0.1) is 5.92 Å². The highest BCUT2D eigenvalue weighted by atomic mass is 15.2. The van der Waals surface area contributed by atoms with Gasteiger partial charge in [0.2, 0.25) is 0 Å². The van der Waals surface area contributed by atoms with Crippen LogP contribution in [0.25, 0.3) is 0 Å². The van der Waals surface area contributed by atoms with Gasteiger partial charge < -0.3 is 10.2 Å². The number of nitrogens with zero attached hydrogens (tertiary/aromatic N) is 2. The zero-order valence-corrected chi connectivity index (χ0v) is 11.8. The van der Waals surface area contributed by atoms with E-state index in [1.165, 1.54) is 31.6 Å². The first-order valence-corrected chi connectivity index (χ1v) is 7.18. The maximum Gasteiger partial charge on any atom is 0.0572 e.